The average molecular weight is 552 g/mol. The van der Waals surface area contributed by atoms with Crippen molar-refractivity contribution in [2.24, 2.45) is 7.05 Å². The van der Waals surface area contributed by atoms with Crippen molar-refractivity contribution in [2.75, 3.05) is 11.4 Å². The summed E-state index contributed by atoms with van der Waals surface area (Å²) in [6.07, 6.45) is 8.19. The summed E-state index contributed by atoms with van der Waals surface area (Å²) in [5, 5.41) is 2.70. The zero-order valence-corrected chi connectivity index (χ0v) is 23.8. The predicted octanol–water partition coefficient (Wildman–Crippen LogP) is 7.79. The predicted molar refractivity (Wildman–Crippen MR) is 174 cm³/mol. The van der Waals surface area contributed by atoms with Gasteiger partial charge in [-0.15, -0.1) is 0 Å². The summed E-state index contributed by atoms with van der Waals surface area (Å²) in [7, 11) is 2.05. The van der Waals surface area contributed by atoms with Gasteiger partial charge in [-0.3, -0.25) is 9.59 Å². The molecule has 0 N–H and O–H groups in total. The Labute approximate surface area is 244 Å². The number of benzene rings is 4. The Morgan fingerprint density at radius 1 is 0.619 bits per heavy atom. The van der Waals surface area contributed by atoms with Crippen molar-refractivity contribution in [2.45, 2.75) is 32.2 Å². The van der Waals surface area contributed by atoms with Crippen LogP contribution in [0.1, 0.15) is 36.8 Å². The second-order valence-electron chi connectivity index (χ2n) is 11.2. The number of para-hydroxylation sites is 4. The Morgan fingerprint density at radius 2 is 1.19 bits per heavy atom. The summed E-state index contributed by atoms with van der Waals surface area (Å²) < 4.78 is 4.40. The van der Waals surface area contributed by atoms with E-state index >= 15 is 0 Å². The van der Waals surface area contributed by atoms with Gasteiger partial charge in [0, 0.05) is 64.7 Å². The molecule has 0 bridgehead atoms. The molecule has 1 aliphatic heterocycles. The van der Waals surface area contributed by atoms with Crippen LogP contribution in [0.3, 0.4) is 0 Å². The molecule has 42 heavy (non-hydrogen) atoms. The molecule has 5 heteroatoms. The van der Waals surface area contributed by atoms with Crippen LogP contribution < -0.4 is 10.3 Å². The Morgan fingerprint density at radius 3 is 1.90 bits per heavy atom. The Balaban J connectivity index is 1.04. The molecule has 0 saturated carbocycles. The standard InChI is InChI=1S/C37H33N3O2/c1-38-25-26(27-14-4-8-18-32(27)38)24-31-28-15-5-9-19-33(28)40(37(31)42)23-13-3-2-12-22-39-34-20-10-6-16-29(34)36(41)30-17-7-11-21-35(30)39/h4-11,14-21,24-25H,2-3,12-13,22-23H2,1H3/b31-24-. The van der Waals surface area contributed by atoms with Gasteiger partial charge in [0.1, 0.15) is 0 Å². The molecule has 4 aromatic carbocycles. The molecule has 208 valence electrons. The fraction of sp³-hybridized carbons (Fsp3) is 0.189. The molecular weight excluding hydrogens is 518 g/mol. The largest absolute Gasteiger partial charge is 0.350 e. The number of amides is 1. The summed E-state index contributed by atoms with van der Waals surface area (Å²) in [5.74, 6) is 0.0790. The third kappa shape index (κ3) is 4.42. The molecule has 3 heterocycles. The first-order valence-electron chi connectivity index (χ1n) is 14.8. The lowest BCUT2D eigenvalue weighted by atomic mass is 10.0. The monoisotopic (exact) mass is 551 g/mol. The van der Waals surface area contributed by atoms with E-state index in [1.807, 2.05) is 84.7 Å². The van der Waals surface area contributed by atoms with Crippen LogP contribution >= 0.6 is 0 Å². The van der Waals surface area contributed by atoms with Crippen LogP contribution in [0.4, 0.5) is 5.69 Å². The molecule has 1 aliphatic rings. The van der Waals surface area contributed by atoms with Crippen LogP contribution in [0.15, 0.2) is 108 Å². The lowest BCUT2D eigenvalue weighted by Gasteiger charge is -2.17. The number of carbonyl (C=O) groups excluding carboxylic acids is 1. The van der Waals surface area contributed by atoms with Gasteiger partial charge in [-0.25, -0.2) is 0 Å². The zero-order chi connectivity index (χ0) is 28.6. The number of unbranched alkanes of at least 4 members (excludes halogenated alkanes) is 3. The van der Waals surface area contributed by atoms with Gasteiger partial charge < -0.3 is 14.0 Å². The highest BCUT2D eigenvalue weighted by Crippen LogP contribution is 2.38. The highest BCUT2D eigenvalue weighted by atomic mass is 16.2. The number of aromatic nitrogens is 2. The van der Waals surface area contributed by atoms with Gasteiger partial charge in [0.05, 0.1) is 16.7 Å². The molecule has 1 amide bonds. The number of aryl methyl sites for hydroxylation is 2. The zero-order valence-electron chi connectivity index (χ0n) is 23.8. The van der Waals surface area contributed by atoms with Gasteiger partial charge in [0.15, 0.2) is 5.43 Å². The minimum Gasteiger partial charge on any atom is -0.350 e. The molecule has 0 unspecified atom stereocenters. The first-order valence-corrected chi connectivity index (χ1v) is 14.8. The van der Waals surface area contributed by atoms with Crippen molar-refractivity contribution in [3.63, 3.8) is 0 Å². The van der Waals surface area contributed by atoms with Crippen LogP contribution in [0.5, 0.6) is 0 Å². The van der Waals surface area contributed by atoms with E-state index in [1.165, 1.54) is 0 Å². The van der Waals surface area contributed by atoms with E-state index in [4.69, 9.17) is 0 Å². The van der Waals surface area contributed by atoms with Gasteiger partial charge >= 0.3 is 0 Å². The van der Waals surface area contributed by atoms with E-state index in [1.54, 1.807) is 0 Å². The van der Waals surface area contributed by atoms with Crippen molar-refractivity contribution in [1.29, 1.82) is 0 Å². The van der Waals surface area contributed by atoms with Crippen LogP contribution in [-0.2, 0) is 18.4 Å². The van der Waals surface area contributed by atoms with Crippen LogP contribution in [0, 0.1) is 0 Å². The smallest absolute Gasteiger partial charge is 0.258 e. The van der Waals surface area contributed by atoms with Crippen molar-refractivity contribution < 1.29 is 4.79 Å². The number of pyridine rings is 1. The molecule has 2 aromatic heterocycles. The van der Waals surface area contributed by atoms with Crippen LogP contribution in [0.2, 0.25) is 0 Å². The second-order valence-corrected chi connectivity index (χ2v) is 11.2. The SMILES string of the molecule is Cn1cc(/C=C2\C(=O)N(CCCCCCn3c4ccccc4c(=O)c4ccccc43)c3ccccc32)c2ccccc21. The van der Waals surface area contributed by atoms with E-state index in [0.29, 0.717) is 6.54 Å². The quantitative estimate of drug-likeness (QED) is 0.110. The lowest BCUT2D eigenvalue weighted by molar-refractivity contribution is -0.113. The normalized spacial score (nSPS) is 14.1. The number of nitrogens with zero attached hydrogens (tertiary/aromatic N) is 3. The lowest BCUT2D eigenvalue weighted by Crippen LogP contribution is -2.27. The first kappa shape index (κ1) is 26.0. The molecule has 0 aliphatic carbocycles. The number of anilines is 1. The van der Waals surface area contributed by atoms with E-state index in [0.717, 1.165) is 87.3 Å². The molecule has 0 saturated heterocycles. The topological polar surface area (TPSA) is 47.2 Å². The summed E-state index contributed by atoms with van der Waals surface area (Å²) in [5.41, 5.74) is 7.07. The second kappa shape index (κ2) is 10.8. The molecule has 5 nitrogen and oxygen atoms in total. The van der Waals surface area contributed by atoms with Gasteiger partial charge in [0.25, 0.3) is 5.91 Å². The van der Waals surface area contributed by atoms with Crippen molar-refractivity contribution >= 4 is 56.0 Å². The number of rotatable bonds is 8. The number of hydrogen-bond donors (Lipinski definition) is 0. The highest BCUT2D eigenvalue weighted by Gasteiger charge is 2.31. The number of carbonyl (C=O) groups is 1. The third-order valence-electron chi connectivity index (χ3n) is 8.58. The summed E-state index contributed by atoms with van der Waals surface area (Å²) >= 11 is 0. The summed E-state index contributed by atoms with van der Waals surface area (Å²) in [6.45, 7) is 1.55. The van der Waals surface area contributed by atoms with Gasteiger partial charge in [0.2, 0.25) is 0 Å². The van der Waals surface area contributed by atoms with E-state index in [2.05, 4.69) is 45.7 Å². The highest BCUT2D eigenvalue weighted by molar-refractivity contribution is 6.36. The molecule has 6 aromatic rings. The first-order chi connectivity index (χ1) is 20.6. The van der Waals surface area contributed by atoms with Gasteiger partial charge in [-0.1, -0.05) is 73.5 Å². The molecule has 0 spiro atoms. The molecule has 0 radical (unpaired) electrons. The van der Waals surface area contributed by atoms with Crippen molar-refractivity contribution in [1.82, 2.24) is 9.13 Å². The molecule has 7 rings (SSSR count). The Bertz CT molecular complexity index is 2000. The van der Waals surface area contributed by atoms with Gasteiger partial charge in [-0.2, -0.15) is 0 Å². The minimum absolute atomic E-state index is 0.0790. The molecule has 0 fully saturated rings. The third-order valence-corrected chi connectivity index (χ3v) is 8.58. The maximum Gasteiger partial charge on any atom is 0.258 e. The van der Waals surface area contributed by atoms with Gasteiger partial charge in [-0.05, 0) is 55.3 Å². The summed E-state index contributed by atoms with van der Waals surface area (Å²) in [6, 6.07) is 32.3. The Kier molecular flexibility index (Phi) is 6.71. The van der Waals surface area contributed by atoms with Crippen molar-refractivity contribution in [3.8, 4) is 0 Å². The fourth-order valence-corrected chi connectivity index (χ4v) is 6.52. The number of hydrogen-bond acceptors (Lipinski definition) is 2. The van der Waals surface area contributed by atoms with Crippen LogP contribution in [-0.4, -0.2) is 21.6 Å². The average Bonchev–Trinajstić information content (AvgIpc) is 3.49. The number of fused-ring (bicyclic) bond motifs is 4. The maximum absolute atomic E-state index is 13.7. The minimum atomic E-state index is 0.0790. The molecule has 0 atom stereocenters. The Hall–Kier alpha value is -4.90. The molecular formula is C37H33N3O2. The van der Waals surface area contributed by atoms with E-state index < -0.39 is 0 Å². The van der Waals surface area contributed by atoms with Crippen LogP contribution in [0.25, 0.3) is 44.4 Å². The van der Waals surface area contributed by atoms with E-state index in [-0.39, 0.29) is 11.3 Å². The fourth-order valence-electron chi connectivity index (χ4n) is 6.52. The van der Waals surface area contributed by atoms with Crippen molar-refractivity contribution in [3.05, 3.63) is 125 Å². The van der Waals surface area contributed by atoms with E-state index in [9.17, 15) is 9.59 Å². The summed E-state index contributed by atoms with van der Waals surface area (Å²) in [4.78, 5) is 28.7. The maximum atomic E-state index is 13.7.